The number of carbonyl (C=O) groups is 2. The zero-order valence-electron chi connectivity index (χ0n) is 17.8. The standard InChI is InChI=1S/C24H23N3O5/c1-3-26(4-2)24(29)21(25-23(28)18-8-6-5-7-9-18)16-20-14-15-22(32-20)17-10-12-19(13-11-17)27(30)31/h5-16H,3-4H2,1-2H3,(H,25,28)/b21-16-. The number of furan rings is 1. The number of nitro benzene ring substituents is 1. The van der Waals surface area contributed by atoms with Gasteiger partial charge in [-0.2, -0.15) is 0 Å². The number of hydrogen-bond donors (Lipinski definition) is 1. The molecule has 0 fully saturated rings. The van der Waals surface area contributed by atoms with Crippen molar-refractivity contribution < 1.29 is 18.9 Å². The van der Waals surface area contributed by atoms with E-state index in [0.717, 1.165) is 0 Å². The van der Waals surface area contributed by atoms with Gasteiger partial charge in [-0.05, 0) is 50.2 Å². The van der Waals surface area contributed by atoms with Crippen molar-refractivity contribution in [2.24, 2.45) is 0 Å². The van der Waals surface area contributed by atoms with Gasteiger partial charge in [0.1, 0.15) is 17.2 Å². The Balaban J connectivity index is 1.90. The van der Waals surface area contributed by atoms with Crippen LogP contribution in [0.5, 0.6) is 0 Å². The molecule has 3 rings (SSSR count). The molecule has 1 N–H and O–H groups in total. The van der Waals surface area contributed by atoms with Crippen LogP contribution in [0.15, 0.2) is 76.8 Å². The summed E-state index contributed by atoms with van der Waals surface area (Å²) >= 11 is 0. The minimum atomic E-state index is -0.472. The van der Waals surface area contributed by atoms with E-state index in [1.165, 1.54) is 18.2 Å². The van der Waals surface area contributed by atoms with E-state index in [1.807, 2.05) is 13.8 Å². The van der Waals surface area contributed by atoms with Crippen LogP contribution in [0.3, 0.4) is 0 Å². The summed E-state index contributed by atoms with van der Waals surface area (Å²) in [6, 6.07) is 17.9. The molecule has 0 saturated carbocycles. The van der Waals surface area contributed by atoms with E-state index in [1.54, 1.807) is 59.5 Å². The van der Waals surface area contributed by atoms with Crippen LogP contribution in [0.2, 0.25) is 0 Å². The molecular weight excluding hydrogens is 410 g/mol. The van der Waals surface area contributed by atoms with E-state index in [0.29, 0.717) is 35.7 Å². The monoisotopic (exact) mass is 433 g/mol. The van der Waals surface area contributed by atoms with Gasteiger partial charge in [0.25, 0.3) is 17.5 Å². The average Bonchev–Trinajstić information content (AvgIpc) is 3.28. The Morgan fingerprint density at radius 3 is 2.25 bits per heavy atom. The van der Waals surface area contributed by atoms with E-state index in [9.17, 15) is 19.7 Å². The minimum absolute atomic E-state index is 0.0174. The van der Waals surface area contributed by atoms with Crippen LogP contribution in [0, 0.1) is 10.1 Å². The van der Waals surface area contributed by atoms with Crippen LogP contribution in [0.1, 0.15) is 30.0 Å². The molecule has 8 nitrogen and oxygen atoms in total. The zero-order valence-corrected chi connectivity index (χ0v) is 17.8. The highest BCUT2D eigenvalue weighted by molar-refractivity contribution is 6.05. The predicted octanol–water partition coefficient (Wildman–Crippen LogP) is 4.49. The van der Waals surface area contributed by atoms with Gasteiger partial charge in [0.05, 0.1) is 4.92 Å². The molecule has 8 heteroatoms. The number of hydrogen-bond acceptors (Lipinski definition) is 5. The van der Waals surface area contributed by atoms with Gasteiger partial charge in [-0.15, -0.1) is 0 Å². The first kappa shape index (κ1) is 22.5. The second-order valence-electron chi connectivity index (χ2n) is 6.86. The average molecular weight is 433 g/mol. The molecule has 32 heavy (non-hydrogen) atoms. The summed E-state index contributed by atoms with van der Waals surface area (Å²) in [5.74, 6) is 0.115. The van der Waals surface area contributed by atoms with Crippen LogP contribution < -0.4 is 5.32 Å². The summed E-state index contributed by atoms with van der Waals surface area (Å²) < 4.78 is 5.82. The number of carbonyl (C=O) groups excluding carboxylic acids is 2. The van der Waals surface area contributed by atoms with E-state index in [2.05, 4.69) is 5.32 Å². The molecule has 1 heterocycles. The molecule has 0 saturated heterocycles. The largest absolute Gasteiger partial charge is 0.457 e. The Bertz CT molecular complexity index is 1130. The van der Waals surface area contributed by atoms with E-state index >= 15 is 0 Å². The van der Waals surface area contributed by atoms with Crippen molar-refractivity contribution in [3.05, 3.63) is 93.9 Å². The number of nitrogens with one attached hydrogen (secondary N) is 1. The van der Waals surface area contributed by atoms with Crippen molar-refractivity contribution in [2.45, 2.75) is 13.8 Å². The number of nitrogens with zero attached hydrogens (tertiary/aromatic N) is 2. The first-order valence-electron chi connectivity index (χ1n) is 10.1. The molecule has 3 aromatic rings. The van der Waals surface area contributed by atoms with Crippen LogP contribution in [0.4, 0.5) is 5.69 Å². The lowest BCUT2D eigenvalue weighted by molar-refractivity contribution is -0.384. The molecule has 164 valence electrons. The molecule has 1 aromatic heterocycles. The Kier molecular flexibility index (Phi) is 7.17. The number of rotatable bonds is 8. The third-order valence-electron chi connectivity index (χ3n) is 4.84. The maximum atomic E-state index is 13.0. The Labute approximate surface area is 185 Å². The van der Waals surface area contributed by atoms with Gasteiger partial charge >= 0.3 is 0 Å². The number of likely N-dealkylation sites (N-methyl/N-ethyl adjacent to an activating group) is 1. The first-order valence-corrected chi connectivity index (χ1v) is 10.1. The second-order valence-corrected chi connectivity index (χ2v) is 6.86. The number of non-ortho nitro benzene ring substituents is 1. The summed E-state index contributed by atoms with van der Waals surface area (Å²) in [7, 11) is 0. The van der Waals surface area contributed by atoms with Crippen molar-refractivity contribution in [2.75, 3.05) is 13.1 Å². The first-order chi connectivity index (χ1) is 15.4. The summed E-state index contributed by atoms with van der Waals surface area (Å²) in [5.41, 5.74) is 1.15. The van der Waals surface area contributed by atoms with E-state index in [-0.39, 0.29) is 17.3 Å². The van der Waals surface area contributed by atoms with Crippen LogP contribution in [-0.2, 0) is 4.79 Å². The zero-order chi connectivity index (χ0) is 23.1. The van der Waals surface area contributed by atoms with Crippen molar-refractivity contribution >= 4 is 23.6 Å². The van der Waals surface area contributed by atoms with Crippen molar-refractivity contribution in [3.8, 4) is 11.3 Å². The van der Waals surface area contributed by atoms with Crippen molar-refractivity contribution in [3.63, 3.8) is 0 Å². The summed E-state index contributed by atoms with van der Waals surface area (Å²) in [5, 5.41) is 13.5. The Morgan fingerprint density at radius 1 is 1.00 bits per heavy atom. The van der Waals surface area contributed by atoms with Gasteiger partial charge in [0.2, 0.25) is 0 Å². The third-order valence-corrected chi connectivity index (χ3v) is 4.84. The normalized spacial score (nSPS) is 11.1. The highest BCUT2D eigenvalue weighted by atomic mass is 16.6. The number of benzene rings is 2. The molecule has 0 radical (unpaired) electrons. The van der Waals surface area contributed by atoms with Crippen LogP contribution >= 0.6 is 0 Å². The molecule has 2 amide bonds. The molecule has 2 aromatic carbocycles. The summed E-state index contributed by atoms with van der Waals surface area (Å²) in [4.78, 5) is 37.6. The molecule has 0 atom stereocenters. The second kappa shape index (κ2) is 10.2. The van der Waals surface area contributed by atoms with Gasteiger partial charge < -0.3 is 14.6 Å². The third kappa shape index (κ3) is 5.28. The number of nitro groups is 1. The number of amides is 2. The summed E-state index contributed by atoms with van der Waals surface area (Å²) in [6.45, 7) is 4.69. The maximum absolute atomic E-state index is 13.0. The minimum Gasteiger partial charge on any atom is -0.457 e. The van der Waals surface area contributed by atoms with Crippen molar-refractivity contribution in [1.82, 2.24) is 10.2 Å². The Morgan fingerprint density at radius 2 is 1.66 bits per heavy atom. The van der Waals surface area contributed by atoms with Crippen LogP contribution in [0.25, 0.3) is 17.4 Å². The van der Waals surface area contributed by atoms with Gasteiger partial charge in [0, 0.05) is 42.4 Å². The Hall–Kier alpha value is -4.20. The lowest BCUT2D eigenvalue weighted by atomic mass is 10.1. The fourth-order valence-corrected chi connectivity index (χ4v) is 3.09. The summed E-state index contributed by atoms with van der Waals surface area (Å²) in [6.07, 6.45) is 1.48. The fraction of sp³-hybridized carbons (Fsp3) is 0.167. The molecule has 0 aliphatic carbocycles. The quantitative estimate of drug-likeness (QED) is 0.320. The molecule has 0 bridgehead atoms. The SMILES string of the molecule is CCN(CC)C(=O)/C(=C/c1ccc(-c2ccc([N+](=O)[O-])cc2)o1)NC(=O)c1ccccc1. The highest BCUT2D eigenvalue weighted by Gasteiger charge is 2.19. The fourth-order valence-electron chi connectivity index (χ4n) is 3.09. The predicted molar refractivity (Wildman–Crippen MR) is 121 cm³/mol. The van der Waals surface area contributed by atoms with E-state index < -0.39 is 10.8 Å². The molecule has 0 spiro atoms. The lowest BCUT2D eigenvalue weighted by Crippen LogP contribution is -2.38. The molecule has 0 unspecified atom stereocenters. The topological polar surface area (TPSA) is 106 Å². The van der Waals surface area contributed by atoms with E-state index in [4.69, 9.17) is 4.42 Å². The lowest BCUT2D eigenvalue weighted by Gasteiger charge is -2.20. The maximum Gasteiger partial charge on any atom is 0.270 e. The smallest absolute Gasteiger partial charge is 0.270 e. The molecular formula is C24H23N3O5. The molecule has 0 aliphatic rings. The van der Waals surface area contributed by atoms with Gasteiger partial charge in [0.15, 0.2) is 0 Å². The molecule has 0 aliphatic heterocycles. The van der Waals surface area contributed by atoms with Gasteiger partial charge in [-0.25, -0.2) is 0 Å². The van der Waals surface area contributed by atoms with Gasteiger partial charge in [-0.3, -0.25) is 19.7 Å². The van der Waals surface area contributed by atoms with Gasteiger partial charge in [-0.1, -0.05) is 18.2 Å². The van der Waals surface area contributed by atoms with Crippen molar-refractivity contribution in [1.29, 1.82) is 0 Å². The highest BCUT2D eigenvalue weighted by Crippen LogP contribution is 2.25. The van der Waals surface area contributed by atoms with Crippen LogP contribution in [-0.4, -0.2) is 34.7 Å².